The Morgan fingerprint density at radius 2 is 1.90 bits per heavy atom. The van der Waals surface area contributed by atoms with Gasteiger partial charge in [-0.25, -0.2) is 18.5 Å². The summed E-state index contributed by atoms with van der Waals surface area (Å²) in [6.45, 7) is 4.02. The van der Waals surface area contributed by atoms with E-state index in [2.05, 4.69) is 15.1 Å². The summed E-state index contributed by atoms with van der Waals surface area (Å²) in [4.78, 5) is 20.8. The summed E-state index contributed by atoms with van der Waals surface area (Å²) in [5.74, 6) is 0.921. The first-order valence-corrected chi connectivity index (χ1v) is 11.0. The number of sulfonamides is 1. The summed E-state index contributed by atoms with van der Waals surface area (Å²) in [7, 11) is -3.96. The Labute approximate surface area is 173 Å². The van der Waals surface area contributed by atoms with Gasteiger partial charge in [-0.15, -0.1) is 0 Å². The number of nitrogens with zero attached hydrogens (tertiary/aromatic N) is 3. The van der Waals surface area contributed by atoms with Gasteiger partial charge in [0.1, 0.15) is 11.4 Å². The van der Waals surface area contributed by atoms with Crippen molar-refractivity contribution in [2.24, 2.45) is 5.14 Å². The lowest BCUT2D eigenvalue weighted by molar-refractivity contribution is 0.0350. The molecule has 156 valence electrons. The van der Waals surface area contributed by atoms with Crippen LogP contribution in [0.3, 0.4) is 0 Å². The number of ether oxygens (including phenoxy) is 1. The van der Waals surface area contributed by atoms with Gasteiger partial charge in [-0.3, -0.25) is 4.79 Å². The van der Waals surface area contributed by atoms with Crippen molar-refractivity contribution in [3.63, 3.8) is 0 Å². The molecular formula is C20H20N4O5S. The Kier molecular flexibility index (Phi) is 4.91. The minimum atomic E-state index is -3.96. The molecule has 10 heteroatoms. The number of pyridine rings is 1. The number of primary sulfonamides is 1. The van der Waals surface area contributed by atoms with Gasteiger partial charge in [0.15, 0.2) is 10.8 Å². The number of hydrogen-bond donors (Lipinski definition) is 1. The van der Waals surface area contributed by atoms with Gasteiger partial charge in [0.2, 0.25) is 5.82 Å². The topological polar surface area (TPSA) is 138 Å². The minimum Gasteiger partial charge on any atom is -0.486 e. The van der Waals surface area contributed by atoms with E-state index in [4.69, 9.17) is 14.4 Å². The summed E-state index contributed by atoms with van der Waals surface area (Å²) >= 11 is 0. The molecule has 0 atom stereocenters. The zero-order chi connectivity index (χ0) is 21.5. The van der Waals surface area contributed by atoms with Crippen molar-refractivity contribution < 1.29 is 22.5 Å². The highest BCUT2D eigenvalue weighted by Gasteiger charge is 2.37. The fourth-order valence-corrected chi connectivity index (χ4v) is 3.93. The third-order valence-electron chi connectivity index (χ3n) is 5.34. The number of carbonyl (C=O) groups is 1. The molecule has 0 radical (unpaired) electrons. The van der Waals surface area contributed by atoms with Crippen LogP contribution in [0, 0.1) is 0 Å². The molecule has 1 aliphatic rings. The molecule has 2 aromatic heterocycles. The summed E-state index contributed by atoms with van der Waals surface area (Å²) in [6.07, 6.45) is 3.11. The summed E-state index contributed by atoms with van der Waals surface area (Å²) in [5, 5.41) is 8.73. The van der Waals surface area contributed by atoms with Crippen molar-refractivity contribution in [1.82, 2.24) is 15.1 Å². The fourth-order valence-electron chi connectivity index (χ4n) is 3.43. The standard InChI is InChI=1S/C20H20N4O5S/c1-3-20(4-2)11-15(25)14-9-13(5-6-16(14)28-20)19-23-18(24-29-19)12-7-8-22-17(10-12)30(21,26)27/h5-10H,3-4,11H2,1-2H3,(H2,21,26,27). The SMILES string of the molecule is CCC1(CC)CC(=O)c2cc(-c3nc(-c4ccnc(S(N)(=O)=O)c4)no3)ccc2O1. The van der Waals surface area contributed by atoms with Gasteiger partial charge in [-0.2, -0.15) is 4.98 Å². The third kappa shape index (κ3) is 3.59. The Hall–Kier alpha value is -3.11. The van der Waals surface area contributed by atoms with Crippen LogP contribution < -0.4 is 9.88 Å². The van der Waals surface area contributed by atoms with E-state index in [9.17, 15) is 13.2 Å². The summed E-state index contributed by atoms with van der Waals surface area (Å²) in [5.41, 5.74) is 0.957. The van der Waals surface area contributed by atoms with Gasteiger partial charge in [-0.05, 0) is 43.2 Å². The molecule has 2 N–H and O–H groups in total. The average Bonchev–Trinajstić information content (AvgIpc) is 3.23. The summed E-state index contributed by atoms with van der Waals surface area (Å²) < 4.78 is 34.5. The van der Waals surface area contributed by atoms with E-state index in [1.165, 1.54) is 12.3 Å². The van der Waals surface area contributed by atoms with Crippen LogP contribution in [0.5, 0.6) is 5.75 Å². The van der Waals surface area contributed by atoms with Crippen LogP contribution in [0.4, 0.5) is 0 Å². The zero-order valence-electron chi connectivity index (χ0n) is 16.5. The molecule has 0 spiro atoms. The van der Waals surface area contributed by atoms with Gasteiger partial charge in [0, 0.05) is 17.3 Å². The van der Waals surface area contributed by atoms with E-state index in [1.807, 2.05) is 13.8 Å². The van der Waals surface area contributed by atoms with Gasteiger partial charge in [0.25, 0.3) is 15.9 Å². The highest BCUT2D eigenvalue weighted by molar-refractivity contribution is 7.89. The van der Waals surface area contributed by atoms with Crippen LogP contribution in [0.2, 0.25) is 0 Å². The monoisotopic (exact) mass is 428 g/mol. The van der Waals surface area contributed by atoms with Crippen LogP contribution >= 0.6 is 0 Å². The Bertz CT molecular complexity index is 1230. The van der Waals surface area contributed by atoms with Crippen molar-refractivity contribution in [3.05, 3.63) is 42.1 Å². The van der Waals surface area contributed by atoms with E-state index < -0.39 is 15.6 Å². The maximum atomic E-state index is 12.7. The molecule has 0 amide bonds. The molecule has 0 saturated carbocycles. The van der Waals surface area contributed by atoms with Crippen molar-refractivity contribution in [2.45, 2.75) is 43.7 Å². The molecule has 0 aliphatic carbocycles. The maximum absolute atomic E-state index is 12.7. The molecule has 0 bridgehead atoms. The first-order valence-electron chi connectivity index (χ1n) is 9.44. The number of hydrogen-bond acceptors (Lipinski definition) is 8. The Morgan fingerprint density at radius 3 is 2.60 bits per heavy atom. The first kappa shape index (κ1) is 20.2. The summed E-state index contributed by atoms with van der Waals surface area (Å²) in [6, 6.07) is 7.96. The smallest absolute Gasteiger partial charge is 0.258 e. The zero-order valence-corrected chi connectivity index (χ0v) is 17.3. The van der Waals surface area contributed by atoms with E-state index in [0.717, 1.165) is 12.8 Å². The Morgan fingerprint density at radius 1 is 1.13 bits per heavy atom. The molecule has 0 saturated heterocycles. The molecule has 0 fully saturated rings. The van der Waals surface area contributed by atoms with Crippen LogP contribution in [0.25, 0.3) is 22.8 Å². The van der Waals surface area contributed by atoms with Crippen molar-refractivity contribution >= 4 is 15.8 Å². The number of Topliss-reactive ketones (excluding diaryl/α,β-unsaturated/α-hetero) is 1. The largest absolute Gasteiger partial charge is 0.486 e. The van der Waals surface area contributed by atoms with E-state index in [0.29, 0.717) is 28.9 Å². The number of nitrogens with two attached hydrogens (primary N) is 1. The van der Waals surface area contributed by atoms with E-state index in [1.54, 1.807) is 24.3 Å². The Balaban J connectivity index is 1.67. The quantitative estimate of drug-likeness (QED) is 0.654. The molecule has 1 aliphatic heterocycles. The van der Waals surface area contributed by atoms with Gasteiger partial charge < -0.3 is 9.26 Å². The molecule has 30 heavy (non-hydrogen) atoms. The number of rotatable bonds is 5. The van der Waals surface area contributed by atoms with E-state index in [-0.39, 0.29) is 22.5 Å². The molecule has 1 aromatic carbocycles. The number of benzene rings is 1. The van der Waals surface area contributed by atoms with Crippen molar-refractivity contribution in [1.29, 1.82) is 0 Å². The molecule has 0 unspecified atom stereocenters. The highest BCUT2D eigenvalue weighted by Crippen LogP contribution is 2.39. The second kappa shape index (κ2) is 7.29. The molecule has 9 nitrogen and oxygen atoms in total. The van der Waals surface area contributed by atoms with Gasteiger partial charge >= 0.3 is 0 Å². The number of aromatic nitrogens is 3. The van der Waals surface area contributed by atoms with Crippen molar-refractivity contribution in [2.75, 3.05) is 0 Å². The molecule has 3 heterocycles. The third-order valence-corrected chi connectivity index (χ3v) is 6.14. The molecule has 3 aromatic rings. The second-order valence-electron chi connectivity index (χ2n) is 7.15. The van der Waals surface area contributed by atoms with Gasteiger partial charge in [0.05, 0.1) is 12.0 Å². The number of fused-ring (bicyclic) bond motifs is 1. The second-order valence-corrected chi connectivity index (χ2v) is 8.66. The van der Waals surface area contributed by atoms with Gasteiger partial charge in [-0.1, -0.05) is 19.0 Å². The lowest BCUT2D eigenvalue weighted by Crippen LogP contribution is -2.40. The predicted molar refractivity (Wildman–Crippen MR) is 107 cm³/mol. The predicted octanol–water partition coefficient (Wildman–Crippen LogP) is 2.97. The lowest BCUT2D eigenvalue weighted by atomic mass is 9.85. The lowest BCUT2D eigenvalue weighted by Gasteiger charge is -2.36. The average molecular weight is 428 g/mol. The minimum absolute atomic E-state index is 0.00784. The number of carbonyl (C=O) groups excluding carboxylic acids is 1. The van der Waals surface area contributed by atoms with Crippen LogP contribution in [0.15, 0.2) is 46.1 Å². The molecular weight excluding hydrogens is 408 g/mol. The van der Waals surface area contributed by atoms with E-state index >= 15 is 0 Å². The first-order chi connectivity index (χ1) is 14.2. The molecule has 4 rings (SSSR count). The van der Waals surface area contributed by atoms with Crippen LogP contribution in [-0.2, 0) is 10.0 Å². The normalized spacial score (nSPS) is 15.5. The highest BCUT2D eigenvalue weighted by atomic mass is 32.2. The maximum Gasteiger partial charge on any atom is 0.258 e. The van der Waals surface area contributed by atoms with Crippen molar-refractivity contribution in [3.8, 4) is 28.6 Å². The van der Waals surface area contributed by atoms with Crippen LogP contribution in [-0.4, -0.2) is 34.9 Å². The fraction of sp³-hybridized carbons (Fsp3) is 0.300. The number of ketones is 1. The van der Waals surface area contributed by atoms with Crippen LogP contribution in [0.1, 0.15) is 43.5 Å².